The maximum atomic E-state index is 15.0. The molecule has 1 fully saturated rings. The second-order valence-corrected chi connectivity index (χ2v) is 8.60. The molecule has 29 heavy (non-hydrogen) atoms. The molecule has 0 atom stereocenters. The van der Waals surface area contributed by atoms with Gasteiger partial charge in [0.1, 0.15) is 12.4 Å². The van der Waals surface area contributed by atoms with Gasteiger partial charge in [-0.3, -0.25) is 4.79 Å². The molecular weight excluding hydrogens is 367 g/mol. The SMILES string of the molecule is CC1CCC(c2ccc(-c3ccc(CO)c(COC(=O)C(C)C)c3)c(F)c2)CC1. The van der Waals surface area contributed by atoms with Crippen LogP contribution in [-0.2, 0) is 22.7 Å². The van der Waals surface area contributed by atoms with Crippen LogP contribution in [0.15, 0.2) is 36.4 Å². The summed E-state index contributed by atoms with van der Waals surface area (Å²) in [5, 5.41) is 9.59. The van der Waals surface area contributed by atoms with Gasteiger partial charge in [0.15, 0.2) is 0 Å². The molecule has 0 saturated heterocycles. The molecule has 0 aromatic heterocycles. The van der Waals surface area contributed by atoms with Crippen LogP contribution in [0, 0.1) is 17.7 Å². The zero-order valence-corrected chi connectivity index (χ0v) is 17.6. The van der Waals surface area contributed by atoms with Crippen LogP contribution in [0.5, 0.6) is 0 Å². The number of ether oxygens (including phenoxy) is 1. The average molecular weight is 399 g/mol. The van der Waals surface area contributed by atoms with Crippen LogP contribution in [-0.4, -0.2) is 11.1 Å². The maximum Gasteiger partial charge on any atom is 0.308 e. The fraction of sp³-hybridized carbons (Fsp3) is 0.480. The number of benzene rings is 2. The number of rotatable bonds is 6. The summed E-state index contributed by atoms with van der Waals surface area (Å²) in [6.07, 6.45) is 4.65. The number of esters is 1. The highest BCUT2D eigenvalue weighted by Gasteiger charge is 2.21. The first-order chi connectivity index (χ1) is 13.9. The summed E-state index contributed by atoms with van der Waals surface area (Å²) in [7, 11) is 0. The number of carbonyl (C=O) groups excluding carboxylic acids is 1. The Morgan fingerprint density at radius 1 is 1.10 bits per heavy atom. The molecule has 3 rings (SSSR count). The van der Waals surface area contributed by atoms with E-state index in [0.29, 0.717) is 22.6 Å². The van der Waals surface area contributed by atoms with Crippen LogP contribution in [0.1, 0.15) is 69.1 Å². The molecule has 3 nitrogen and oxygen atoms in total. The lowest BCUT2D eigenvalue weighted by Gasteiger charge is -2.26. The highest BCUT2D eigenvalue weighted by atomic mass is 19.1. The molecular formula is C25H31FO3. The van der Waals surface area contributed by atoms with E-state index in [1.165, 1.54) is 12.8 Å². The monoisotopic (exact) mass is 398 g/mol. The van der Waals surface area contributed by atoms with Gasteiger partial charge in [-0.2, -0.15) is 0 Å². The Labute approximate surface area is 172 Å². The summed E-state index contributed by atoms with van der Waals surface area (Å²) in [6, 6.07) is 10.9. The van der Waals surface area contributed by atoms with Crippen molar-refractivity contribution in [2.45, 2.75) is 65.6 Å². The second-order valence-electron chi connectivity index (χ2n) is 8.60. The van der Waals surface area contributed by atoms with E-state index < -0.39 is 0 Å². The highest BCUT2D eigenvalue weighted by Crippen LogP contribution is 2.37. The van der Waals surface area contributed by atoms with E-state index in [4.69, 9.17) is 4.74 Å². The third kappa shape index (κ3) is 5.24. The number of hydrogen-bond acceptors (Lipinski definition) is 3. The van der Waals surface area contributed by atoms with E-state index >= 15 is 0 Å². The first-order valence-electron chi connectivity index (χ1n) is 10.6. The van der Waals surface area contributed by atoms with Crippen LogP contribution in [0.4, 0.5) is 4.39 Å². The molecule has 0 unspecified atom stereocenters. The number of carbonyl (C=O) groups is 1. The molecule has 1 aliphatic carbocycles. The molecule has 0 aliphatic heterocycles. The lowest BCUT2D eigenvalue weighted by Crippen LogP contribution is -2.12. The predicted octanol–water partition coefficient (Wildman–Crippen LogP) is 5.98. The molecule has 0 amide bonds. The van der Waals surface area contributed by atoms with Gasteiger partial charge in [0, 0.05) is 5.56 Å². The van der Waals surface area contributed by atoms with Crippen molar-refractivity contribution in [3.8, 4) is 11.1 Å². The zero-order valence-electron chi connectivity index (χ0n) is 17.6. The fourth-order valence-corrected chi connectivity index (χ4v) is 4.01. The summed E-state index contributed by atoms with van der Waals surface area (Å²) in [5.74, 6) is 0.462. The average Bonchev–Trinajstić information content (AvgIpc) is 2.72. The molecule has 0 heterocycles. The normalized spacial score (nSPS) is 19.4. The summed E-state index contributed by atoms with van der Waals surface area (Å²) < 4.78 is 20.3. The summed E-state index contributed by atoms with van der Waals surface area (Å²) in [4.78, 5) is 11.8. The Balaban J connectivity index is 1.82. The zero-order chi connectivity index (χ0) is 21.0. The summed E-state index contributed by atoms with van der Waals surface area (Å²) in [5.41, 5.74) is 3.71. The Morgan fingerprint density at radius 2 is 1.83 bits per heavy atom. The largest absolute Gasteiger partial charge is 0.461 e. The van der Waals surface area contributed by atoms with Crippen LogP contribution in [0.3, 0.4) is 0 Å². The third-order valence-electron chi connectivity index (χ3n) is 6.01. The fourth-order valence-electron chi connectivity index (χ4n) is 4.01. The van der Waals surface area contributed by atoms with E-state index in [1.54, 1.807) is 38.1 Å². The van der Waals surface area contributed by atoms with Gasteiger partial charge >= 0.3 is 5.97 Å². The standard InChI is InChI=1S/C25H31FO3/c1-16(2)25(28)29-15-22-12-20(8-9-21(22)14-27)23-11-10-19(13-24(23)26)18-6-4-17(3)5-7-18/h8-13,16-18,27H,4-7,14-15H2,1-3H3. The minimum atomic E-state index is -0.295. The molecule has 1 saturated carbocycles. The van der Waals surface area contributed by atoms with Gasteiger partial charge in [0.05, 0.1) is 12.5 Å². The first-order valence-corrected chi connectivity index (χ1v) is 10.6. The molecule has 0 bridgehead atoms. The van der Waals surface area contributed by atoms with Gasteiger partial charge in [-0.1, -0.05) is 57.9 Å². The molecule has 0 radical (unpaired) electrons. The smallest absolute Gasteiger partial charge is 0.308 e. The van der Waals surface area contributed by atoms with Gasteiger partial charge in [0.2, 0.25) is 0 Å². The second kappa shape index (κ2) is 9.53. The van der Waals surface area contributed by atoms with E-state index in [-0.39, 0.29) is 30.9 Å². The summed E-state index contributed by atoms with van der Waals surface area (Å²) >= 11 is 0. The van der Waals surface area contributed by atoms with E-state index in [9.17, 15) is 14.3 Å². The Hall–Kier alpha value is -2.20. The van der Waals surface area contributed by atoms with Crippen LogP contribution >= 0.6 is 0 Å². The number of halogens is 1. The van der Waals surface area contributed by atoms with Crippen molar-refractivity contribution in [3.63, 3.8) is 0 Å². The minimum Gasteiger partial charge on any atom is -0.461 e. The van der Waals surface area contributed by atoms with Crippen molar-refractivity contribution < 1.29 is 19.0 Å². The van der Waals surface area contributed by atoms with Crippen LogP contribution < -0.4 is 0 Å². The van der Waals surface area contributed by atoms with Gasteiger partial charge in [0.25, 0.3) is 0 Å². The van der Waals surface area contributed by atoms with Crippen molar-refractivity contribution in [2.24, 2.45) is 11.8 Å². The van der Waals surface area contributed by atoms with Gasteiger partial charge < -0.3 is 9.84 Å². The molecule has 4 heteroatoms. The van der Waals surface area contributed by atoms with Crippen molar-refractivity contribution >= 4 is 5.97 Å². The van der Waals surface area contributed by atoms with Gasteiger partial charge in [-0.05, 0) is 59.1 Å². The molecule has 2 aromatic rings. The third-order valence-corrected chi connectivity index (χ3v) is 6.01. The Kier molecular flexibility index (Phi) is 7.07. The molecule has 1 N–H and O–H groups in total. The molecule has 156 valence electrons. The van der Waals surface area contributed by atoms with Crippen molar-refractivity contribution in [2.75, 3.05) is 0 Å². The highest BCUT2D eigenvalue weighted by molar-refractivity contribution is 5.71. The Bertz CT molecular complexity index is 851. The summed E-state index contributed by atoms with van der Waals surface area (Å²) in [6.45, 7) is 5.74. The number of aliphatic hydroxyl groups excluding tert-OH is 1. The van der Waals surface area contributed by atoms with Crippen molar-refractivity contribution in [1.29, 1.82) is 0 Å². The predicted molar refractivity (Wildman–Crippen MR) is 113 cm³/mol. The van der Waals surface area contributed by atoms with Crippen molar-refractivity contribution in [3.05, 3.63) is 58.9 Å². The lowest BCUT2D eigenvalue weighted by atomic mass is 9.79. The first kappa shape index (κ1) is 21.5. The van der Waals surface area contributed by atoms with Crippen LogP contribution in [0.25, 0.3) is 11.1 Å². The van der Waals surface area contributed by atoms with E-state index in [0.717, 1.165) is 29.9 Å². The maximum absolute atomic E-state index is 15.0. The van der Waals surface area contributed by atoms with Gasteiger partial charge in [-0.15, -0.1) is 0 Å². The topological polar surface area (TPSA) is 46.5 Å². The molecule has 1 aliphatic rings. The van der Waals surface area contributed by atoms with Crippen LogP contribution in [0.2, 0.25) is 0 Å². The van der Waals surface area contributed by atoms with Gasteiger partial charge in [-0.25, -0.2) is 4.39 Å². The van der Waals surface area contributed by atoms with E-state index in [1.807, 2.05) is 12.1 Å². The molecule has 0 spiro atoms. The number of aliphatic hydroxyl groups is 1. The van der Waals surface area contributed by atoms with E-state index in [2.05, 4.69) is 6.92 Å². The molecule has 2 aromatic carbocycles. The number of hydrogen-bond donors (Lipinski definition) is 1. The Morgan fingerprint density at radius 3 is 2.45 bits per heavy atom. The van der Waals surface area contributed by atoms with Crippen molar-refractivity contribution in [1.82, 2.24) is 0 Å². The minimum absolute atomic E-state index is 0.0701. The quantitative estimate of drug-likeness (QED) is 0.609. The lowest BCUT2D eigenvalue weighted by molar-refractivity contribution is -0.148.